The largest absolute Gasteiger partial charge is 0.198 e. The SMILES string of the molecule is CC1CCC(C#N)CC1.c1ccc2ccccc2c1. The average Bonchev–Trinajstić information content (AvgIpc) is 2.49. The van der Waals surface area contributed by atoms with E-state index >= 15 is 0 Å². The number of hydrogen-bond acceptors (Lipinski definition) is 1. The van der Waals surface area contributed by atoms with Crippen LogP contribution in [0, 0.1) is 23.2 Å². The molecule has 0 unspecified atom stereocenters. The summed E-state index contributed by atoms with van der Waals surface area (Å²) in [5, 5.41) is 11.1. The van der Waals surface area contributed by atoms with Crippen LogP contribution >= 0.6 is 0 Å². The minimum Gasteiger partial charge on any atom is -0.198 e. The molecule has 19 heavy (non-hydrogen) atoms. The van der Waals surface area contributed by atoms with E-state index in [2.05, 4.69) is 61.5 Å². The lowest BCUT2D eigenvalue weighted by Crippen LogP contribution is -2.09. The molecule has 0 N–H and O–H groups in total. The molecule has 0 aromatic heterocycles. The Morgan fingerprint density at radius 1 is 0.842 bits per heavy atom. The van der Waals surface area contributed by atoms with Gasteiger partial charge in [0.1, 0.15) is 0 Å². The maximum Gasteiger partial charge on any atom is 0.0655 e. The fraction of sp³-hybridized carbons (Fsp3) is 0.389. The molecule has 0 spiro atoms. The standard InChI is InChI=1S/C10H8.C8H13N/c1-2-6-10-8-4-3-7-9(10)5-1;1-7-2-4-8(6-9)5-3-7/h1-8H;7-8H,2-5H2,1H3. The van der Waals surface area contributed by atoms with Crippen LogP contribution in [0.3, 0.4) is 0 Å². The van der Waals surface area contributed by atoms with Gasteiger partial charge in [0.2, 0.25) is 0 Å². The van der Waals surface area contributed by atoms with E-state index in [1.54, 1.807) is 0 Å². The second-order valence-corrected chi connectivity index (χ2v) is 5.43. The molecule has 0 bridgehead atoms. The van der Waals surface area contributed by atoms with Crippen molar-refractivity contribution in [2.45, 2.75) is 32.6 Å². The maximum absolute atomic E-state index is 8.53. The molecule has 1 saturated carbocycles. The molecule has 0 aliphatic heterocycles. The molecule has 2 aromatic carbocycles. The Balaban J connectivity index is 0.000000141. The Kier molecular flexibility index (Phi) is 4.98. The van der Waals surface area contributed by atoms with E-state index < -0.39 is 0 Å². The molecule has 0 atom stereocenters. The molecular formula is C18H21N. The molecule has 1 nitrogen and oxygen atoms in total. The second kappa shape index (κ2) is 6.95. The Morgan fingerprint density at radius 3 is 1.63 bits per heavy atom. The van der Waals surface area contributed by atoms with Gasteiger partial charge in [-0.3, -0.25) is 0 Å². The summed E-state index contributed by atoms with van der Waals surface area (Å²) >= 11 is 0. The van der Waals surface area contributed by atoms with E-state index in [1.165, 1.54) is 23.6 Å². The van der Waals surface area contributed by atoms with Crippen molar-refractivity contribution >= 4 is 10.8 Å². The molecule has 98 valence electrons. The van der Waals surface area contributed by atoms with Crippen molar-refractivity contribution in [1.82, 2.24) is 0 Å². The van der Waals surface area contributed by atoms with Crippen molar-refractivity contribution in [3.63, 3.8) is 0 Å². The monoisotopic (exact) mass is 251 g/mol. The Bertz CT molecular complexity index is 479. The van der Waals surface area contributed by atoms with Gasteiger partial charge in [-0.25, -0.2) is 0 Å². The zero-order chi connectivity index (χ0) is 13.5. The summed E-state index contributed by atoms with van der Waals surface area (Å²) in [4.78, 5) is 0. The van der Waals surface area contributed by atoms with Gasteiger partial charge in [0.15, 0.2) is 0 Å². The zero-order valence-corrected chi connectivity index (χ0v) is 11.5. The summed E-state index contributed by atoms with van der Waals surface area (Å²) in [6.45, 7) is 2.27. The molecule has 0 amide bonds. The highest BCUT2D eigenvalue weighted by Gasteiger charge is 2.16. The van der Waals surface area contributed by atoms with Crippen molar-refractivity contribution < 1.29 is 0 Å². The predicted octanol–water partition coefficient (Wildman–Crippen LogP) is 5.18. The Labute approximate surface area is 115 Å². The summed E-state index contributed by atoms with van der Waals surface area (Å²) in [7, 11) is 0. The fourth-order valence-corrected chi connectivity index (χ4v) is 2.52. The third-order valence-electron chi connectivity index (χ3n) is 3.86. The highest BCUT2D eigenvalue weighted by atomic mass is 14.3. The van der Waals surface area contributed by atoms with Crippen molar-refractivity contribution in [1.29, 1.82) is 5.26 Å². The number of benzene rings is 2. The quantitative estimate of drug-likeness (QED) is 0.633. The number of nitrogens with zero attached hydrogens (tertiary/aromatic N) is 1. The summed E-state index contributed by atoms with van der Waals surface area (Å²) in [6, 6.07) is 19.0. The van der Waals surface area contributed by atoms with Crippen LogP contribution in [-0.2, 0) is 0 Å². The van der Waals surface area contributed by atoms with E-state index in [1.807, 2.05) is 0 Å². The van der Waals surface area contributed by atoms with Crippen LogP contribution in [-0.4, -0.2) is 0 Å². The molecule has 1 aliphatic rings. The zero-order valence-electron chi connectivity index (χ0n) is 11.5. The van der Waals surface area contributed by atoms with E-state index in [9.17, 15) is 0 Å². The van der Waals surface area contributed by atoms with Gasteiger partial charge in [0.25, 0.3) is 0 Å². The first-order valence-electron chi connectivity index (χ1n) is 7.13. The Hall–Kier alpha value is -1.81. The normalized spacial score (nSPS) is 22.1. The van der Waals surface area contributed by atoms with Gasteiger partial charge in [-0.15, -0.1) is 0 Å². The van der Waals surface area contributed by atoms with Gasteiger partial charge in [-0.05, 0) is 42.4 Å². The minimum absolute atomic E-state index is 0.376. The van der Waals surface area contributed by atoms with Gasteiger partial charge in [0, 0.05) is 5.92 Å². The van der Waals surface area contributed by atoms with Crippen LogP contribution < -0.4 is 0 Å². The van der Waals surface area contributed by atoms with Crippen molar-refractivity contribution in [2.75, 3.05) is 0 Å². The molecule has 2 aromatic rings. The number of fused-ring (bicyclic) bond motifs is 1. The first-order chi connectivity index (χ1) is 9.29. The third kappa shape index (κ3) is 4.10. The van der Waals surface area contributed by atoms with E-state index in [0.717, 1.165) is 18.8 Å². The van der Waals surface area contributed by atoms with Gasteiger partial charge in [-0.1, -0.05) is 55.5 Å². The lowest BCUT2D eigenvalue weighted by Gasteiger charge is -2.20. The molecule has 1 aliphatic carbocycles. The molecule has 1 fully saturated rings. The first kappa shape index (κ1) is 13.6. The lowest BCUT2D eigenvalue weighted by molar-refractivity contribution is 0.336. The fourth-order valence-electron chi connectivity index (χ4n) is 2.52. The summed E-state index contributed by atoms with van der Waals surface area (Å²) in [5.74, 6) is 1.25. The highest BCUT2D eigenvalue weighted by molar-refractivity contribution is 5.81. The number of hydrogen-bond donors (Lipinski definition) is 0. The van der Waals surface area contributed by atoms with Crippen LogP contribution in [0.15, 0.2) is 48.5 Å². The Morgan fingerprint density at radius 2 is 1.26 bits per heavy atom. The van der Waals surface area contributed by atoms with E-state index in [4.69, 9.17) is 5.26 Å². The highest BCUT2D eigenvalue weighted by Crippen LogP contribution is 2.27. The topological polar surface area (TPSA) is 23.8 Å². The molecular weight excluding hydrogens is 230 g/mol. The molecule has 0 heterocycles. The van der Waals surface area contributed by atoms with Gasteiger partial charge >= 0.3 is 0 Å². The van der Waals surface area contributed by atoms with Crippen molar-refractivity contribution in [3.8, 4) is 6.07 Å². The number of nitriles is 1. The summed E-state index contributed by atoms with van der Waals surface area (Å²) in [6.07, 6.45) is 4.80. The van der Waals surface area contributed by atoms with Crippen LogP contribution in [0.4, 0.5) is 0 Å². The van der Waals surface area contributed by atoms with Crippen molar-refractivity contribution in [3.05, 3.63) is 48.5 Å². The summed E-state index contributed by atoms with van der Waals surface area (Å²) in [5.41, 5.74) is 0. The van der Waals surface area contributed by atoms with Crippen LogP contribution in [0.2, 0.25) is 0 Å². The molecule has 1 heteroatoms. The smallest absolute Gasteiger partial charge is 0.0655 e. The molecule has 3 rings (SSSR count). The molecule has 0 radical (unpaired) electrons. The van der Waals surface area contributed by atoms with Gasteiger partial charge < -0.3 is 0 Å². The maximum atomic E-state index is 8.53. The van der Waals surface area contributed by atoms with Crippen LogP contribution in [0.5, 0.6) is 0 Å². The van der Waals surface area contributed by atoms with E-state index in [-0.39, 0.29) is 0 Å². The predicted molar refractivity (Wildman–Crippen MR) is 80.7 cm³/mol. The summed E-state index contributed by atoms with van der Waals surface area (Å²) < 4.78 is 0. The second-order valence-electron chi connectivity index (χ2n) is 5.43. The third-order valence-corrected chi connectivity index (χ3v) is 3.86. The molecule has 0 saturated heterocycles. The first-order valence-corrected chi connectivity index (χ1v) is 7.13. The number of rotatable bonds is 0. The van der Waals surface area contributed by atoms with Crippen LogP contribution in [0.25, 0.3) is 10.8 Å². The van der Waals surface area contributed by atoms with Crippen molar-refractivity contribution in [2.24, 2.45) is 11.8 Å². The van der Waals surface area contributed by atoms with E-state index in [0.29, 0.717) is 5.92 Å². The van der Waals surface area contributed by atoms with Gasteiger partial charge in [-0.2, -0.15) is 5.26 Å². The van der Waals surface area contributed by atoms with Crippen LogP contribution in [0.1, 0.15) is 32.6 Å². The van der Waals surface area contributed by atoms with Gasteiger partial charge in [0.05, 0.1) is 6.07 Å². The minimum atomic E-state index is 0.376. The average molecular weight is 251 g/mol. The lowest BCUT2D eigenvalue weighted by atomic mass is 9.84.